The van der Waals surface area contributed by atoms with Gasteiger partial charge in [-0.1, -0.05) is 22.0 Å². The highest BCUT2D eigenvalue weighted by molar-refractivity contribution is 9.10. The van der Waals surface area contributed by atoms with Gasteiger partial charge >= 0.3 is 0 Å². The Kier molecular flexibility index (Phi) is 4.77. The largest absolute Gasteiger partial charge is 0.397 e. The molecule has 4 rings (SSSR count). The predicted molar refractivity (Wildman–Crippen MR) is 119 cm³/mol. The quantitative estimate of drug-likeness (QED) is 0.386. The van der Waals surface area contributed by atoms with E-state index in [1.165, 1.54) is 11.3 Å². The van der Waals surface area contributed by atoms with Crippen molar-refractivity contribution in [1.82, 2.24) is 4.98 Å². The molecule has 4 aromatic rings. The fourth-order valence-electron chi connectivity index (χ4n) is 2.84. The third kappa shape index (κ3) is 3.11. The van der Waals surface area contributed by atoms with Crippen LogP contribution in [0, 0.1) is 11.3 Å². The van der Waals surface area contributed by atoms with E-state index in [0.29, 0.717) is 32.0 Å². The molecule has 28 heavy (non-hydrogen) atoms. The van der Waals surface area contributed by atoms with Crippen LogP contribution in [-0.4, -0.2) is 10.9 Å². The molecule has 9 heteroatoms. The third-order valence-corrected chi connectivity index (χ3v) is 6.61. The number of hydrogen-bond donors (Lipinski definition) is 3. The van der Waals surface area contributed by atoms with Crippen LogP contribution >= 0.6 is 38.6 Å². The number of carbonyl (C=O) groups is 1. The fourth-order valence-corrected chi connectivity index (χ4v) is 4.89. The van der Waals surface area contributed by atoms with E-state index in [9.17, 15) is 10.1 Å². The van der Waals surface area contributed by atoms with Crippen molar-refractivity contribution in [2.45, 2.75) is 0 Å². The minimum Gasteiger partial charge on any atom is -0.397 e. The number of nitrogens with one attached hydrogen (secondary N) is 1. The molecule has 0 saturated carbocycles. The number of benzene rings is 1. The summed E-state index contributed by atoms with van der Waals surface area (Å²) in [6, 6.07) is 13.1. The number of hydrogen-bond acceptors (Lipinski definition) is 7. The van der Waals surface area contributed by atoms with Crippen molar-refractivity contribution in [2.75, 3.05) is 16.8 Å². The second-order valence-electron chi connectivity index (χ2n) is 5.82. The van der Waals surface area contributed by atoms with E-state index < -0.39 is 0 Å². The summed E-state index contributed by atoms with van der Waals surface area (Å²) in [7, 11) is 0. The molecular formula is C19H12BrN5OS2. The van der Waals surface area contributed by atoms with Crippen LogP contribution < -0.4 is 16.8 Å². The van der Waals surface area contributed by atoms with Gasteiger partial charge in [-0.15, -0.1) is 22.7 Å². The van der Waals surface area contributed by atoms with Crippen LogP contribution in [0.25, 0.3) is 20.7 Å². The first-order chi connectivity index (χ1) is 13.5. The number of nitrogens with zero attached hydrogens (tertiary/aromatic N) is 2. The molecule has 1 aromatic carbocycles. The normalized spacial score (nSPS) is 10.7. The van der Waals surface area contributed by atoms with Gasteiger partial charge in [-0.2, -0.15) is 5.26 Å². The van der Waals surface area contributed by atoms with E-state index in [0.717, 1.165) is 20.7 Å². The maximum Gasteiger partial charge on any atom is 0.267 e. The van der Waals surface area contributed by atoms with Gasteiger partial charge in [-0.3, -0.25) is 4.79 Å². The van der Waals surface area contributed by atoms with E-state index in [1.807, 2.05) is 29.6 Å². The number of nitrogen functional groups attached to an aromatic ring is 2. The van der Waals surface area contributed by atoms with Crippen molar-refractivity contribution in [1.29, 1.82) is 5.26 Å². The van der Waals surface area contributed by atoms with Crippen LogP contribution in [-0.2, 0) is 0 Å². The Hall–Kier alpha value is -2.93. The van der Waals surface area contributed by atoms with Crippen molar-refractivity contribution in [3.8, 4) is 16.5 Å². The molecule has 0 aliphatic rings. The highest BCUT2D eigenvalue weighted by Crippen LogP contribution is 2.43. The first-order valence-corrected chi connectivity index (χ1v) is 10.5. The topological polar surface area (TPSA) is 118 Å². The van der Waals surface area contributed by atoms with E-state index in [2.05, 4.69) is 32.3 Å². The second-order valence-corrected chi connectivity index (χ2v) is 8.68. The number of halogens is 1. The Bertz CT molecular complexity index is 1240. The van der Waals surface area contributed by atoms with Crippen LogP contribution in [0.5, 0.6) is 0 Å². The molecule has 0 saturated heterocycles. The minimum absolute atomic E-state index is 0.125. The molecule has 0 atom stereocenters. The van der Waals surface area contributed by atoms with E-state index in [-0.39, 0.29) is 17.3 Å². The van der Waals surface area contributed by atoms with Crippen molar-refractivity contribution < 1.29 is 4.79 Å². The molecule has 138 valence electrons. The maximum absolute atomic E-state index is 12.8. The lowest BCUT2D eigenvalue weighted by molar-refractivity contribution is 0.103. The number of pyridine rings is 1. The molecule has 3 heterocycles. The van der Waals surface area contributed by atoms with Crippen LogP contribution in [0.1, 0.15) is 15.2 Å². The molecule has 3 aromatic heterocycles. The monoisotopic (exact) mass is 469 g/mol. The van der Waals surface area contributed by atoms with Gasteiger partial charge < -0.3 is 16.8 Å². The number of amides is 1. The molecule has 0 spiro atoms. The summed E-state index contributed by atoms with van der Waals surface area (Å²) in [6.45, 7) is 0. The minimum atomic E-state index is -0.336. The van der Waals surface area contributed by atoms with Gasteiger partial charge in [-0.05, 0) is 35.7 Å². The lowest BCUT2D eigenvalue weighted by atomic mass is 10.0. The number of rotatable bonds is 3. The summed E-state index contributed by atoms with van der Waals surface area (Å²) in [5.41, 5.74) is 14.2. The number of thiophene rings is 2. The first-order valence-electron chi connectivity index (χ1n) is 8.02. The number of nitrogens with two attached hydrogens (primary N) is 2. The van der Waals surface area contributed by atoms with Crippen molar-refractivity contribution in [2.24, 2.45) is 0 Å². The highest BCUT2D eigenvalue weighted by atomic mass is 79.9. The van der Waals surface area contributed by atoms with Gasteiger partial charge in [0.25, 0.3) is 5.91 Å². The molecule has 0 aliphatic heterocycles. The van der Waals surface area contributed by atoms with Crippen LogP contribution in [0.3, 0.4) is 0 Å². The molecular weight excluding hydrogens is 458 g/mol. The van der Waals surface area contributed by atoms with Gasteiger partial charge in [0.2, 0.25) is 0 Å². The van der Waals surface area contributed by atoms with Gasteiger partial charge in [0.15, 0.2) is 0 Å². The second kappa shape index (κ2) is 7.24. The van der Waals surface area contributed by atoms with E-state index in [4.69, 9.17) is 11.5 Å². The van der Waals surface area contributed by atoms with Gasteiger partial charge in [0, 0.05) is 26.0 Å². The Morgan fingerprint density at radius 1 is 1.21 bits per heavy atom. The average molecular weight is 470 g/mol. The smallest absolute Gasteiger partial charge is 0.267 e. The van der Waals surface area contributed by atoms with Crippen LogP contribution in [0.4, 0.5) is 17.2 Å². The van der Waals surface area contributed by atoms with E-state index in [1.54, 1.807) is 12.1 Å². The summed E-state index contributed by atoms with van der Waals surface area (Å²) in [5, 5.41) is 14.9. The summed E-state index contributed by atoms with van der Waals surface area (Å²) in [4.78, 5) is 18.8. The van der Waals surface area contributed by atoms with E-state index >= 15 is 0 Å². The zero-order chi connectivity index (χ0) is 19.8. The maximum atomic E-state index is 12.8. The average Bonchev–Trinajstić information content (AvgIpc) is 3.31. The number of anilines is 3. The number of nitriles is 1. The SMILES string of the molecule is N#Cc1c(N)nc2sc(C(=O)Nc3ccc(Br)cc3)c(N)c2c1-c1cccs1. The van der Waals surface area contributed by atoms with Gasteiger partial charge in [-0.25, -0.2) is 4.98 Å². The van der Waals surface area contributed by atoms with Gasteiger partial charge in [0.05, 0.1) is 5.69 Å². The predicted octanol–water partition coefficient (Wildman–Crippen LogP) is 5.08. The van der Waals surface area contributed by atoms with Crippen LogP contribution in [0.2, 0.25) is 0 Å². The van der Waals surface area contributed by atoms with Crippen molar-refractivity contribution >= 4 is 71.9 Å². The molecule has 0 fully saturated rings. The summed E-state index contributed by atoms with van der Waals surface area (Å²) in [6.07, 6.45) is 0. The summed E-state index contributed by atoms with van der Waals surface area (Å²) >= 11 is 5.99. The highest BCUT2D eigenvalue weighted by Gasteiger charge is 2.24. The number of aromatic nitrogens is 1. The molecule has 6 nitrogen and oxygen atoms in total. The Morgan fingerprint density at radius 2 is 1.96 bits per heavy atom. The molecule has 1 amide bonds. The Morgan fingerprint density at radius 3 is 2.61 bits per heavy atom. The summed E-state index contributed by atoms with van der Waals surface area (Å²) < 4.78 is 0.913. The summed E-state index contributed by atoms with van der Waals surface area (Å²) in [5.74, 6) is -0.212. The number of fused-ring (bicyclic) bond motifs is 1. The first kappa shape index (κ1) is 18.4. The zero-order valence-electron chi connectivity index (χ0n) is 14.2. The van der Waals surface area contributed by atoms with Crippen LogP contribution in [0.15, 0.2) is 46.3 Å². The molecule has 0 radical (unpaired) electrons. The molecule has 0 aliphatic carbocycles. The lowest BCUT2D eigenvalue weighted by Gasteiger charge is -2.07. The fraction of sp³-hybridized carbons (Fsp3) is 0. The lowest BCUT2D eigenvalue weighted by Crippen LogP contribution is -2.11. The van der Waals surface area contributed by atoms with Gasteiger partial charge in [0.1, 0.15) is 27.2 Å². The Labute approximate surface area is 176 Å². The third-order valence-electron chi connectivity index (χ3n) is 4.09. The van der Waals surface area contributed by atoms with Crippen molar-refractivity contribution in [3.63, 3.8) is 0 Å². The van der Waals surface area contributed by atoms with Crippen molar-refractivity contribution in [3.05, 3.63) is 56.7 Å². The Balaban J connectivity index is 1.87. The zero-order valence-corrected chi connectivity index (χ0v) is 17.4. The standard InChI is InChI=1S/C19H12BrN5OS2/c20-9-3-5-10(6-4-9)24-18(26)16-15(22)14-13(12-2-1-7-27-12)11(8-21)17(23)25-19(14)28-16/h1-7H,22H2,(H2,23,25)(H,24,26). The molecule has 0 bridgehead atoms. The number of carbonyl (C=O) groups excluding carboxylic acids is 1. The molecule has 0 unspecified atom stereocenters. The molecule has 5 N–H and O–H groups in total.